The lowest BCUT2D eigenvalue weighted by atomic mass is 10.2. The van der Waals surface area contributed by atoms with E-state index in [2.05, 4.69) is 5.32 Å². The van der Waals surface area contributed by atoms with Crippen LogP contribution in [-0.4, -0.2) is 21.7 Å². The molecule has 0 radical (unpaired) electrons. The highest BCUT2D eigenvalue weighted by molar-refractivity contribution is 7.90. The molecule has 0 heterocycles. The molecule has 0 atom stereocenters. The predicted molar refractivity (Wildman–Crippen MR) is 53.8 cm³/mol. The fourth-order valence-corrected chi connectivity index (χ4v) is 2.22. The van der Waals surface area contributed by atoms with Gasteiger partial charge in [0, 0.05) is 13.3 Å². The zero-order chi connectivity index (χ0) is 10.9. The van der Waals surface area contributed by atoms with Crippen LogP contribution in [0.4, 0.5) is 10.1 Å². The van der Waals surface area contributed by atoms with Crippen molar-refractivity contribution in [2.45, 2.75) is 11.8 Å². The normalized spacial score (nSPS) is 11.4. The lowest BCUT2D eigenvalue weighted by molar-refractivity contribution is 0.595. The first-order valence-electron chi connectivity index (χ1n) is 4.04. The van der Waals surface area contributed by atoms with Gasteiger partial charge in [-0.05, 0) is 24.6 Å². The minimum Gasteiger partial charge on any atom is -0.386 e. The average molecular weight is 217 g/mol. The van der Waals surface area contributed by atoms with E-state index < -0.39 is 15.7 Å². The Morgan fingerprint density at radius 3 is 2.36 bits per heavy atom. The lowest BCUT2D eigenvalue weighted by Crippen LogP contribution is -2.03. The maximum atomic E-state index is 13.2. The summed E-state index contributed by atoms with van der Waals surface area (Å²) >= 11 is 0. The Labute approximate surface area is 82.9 Å². The Morgan fingerprint density at radius 2 is 1.93 bits per heavy atom. The maximum absolute atomic E-state index is 13.2. The van der Waals surface area contributed by atoms with Crippen LogP contribution in [0.5, 0.6) is 0 Å². The van der Waals surface area contributed by atoms with Crippen LogP contribution >= 0.6 is 0 Å². The maximum Gasteiger partial charge on any atom is 0.175 e. The molecule has 0 saturated carbocycles. The molecule has 1 aromatic rings. The molecular weight excluding hydrogens is 205 g/mol. The average Bonchev–Trinajstić information content (AvgIpc) is 2.06. The minimum absolute atomic E-state index is 0.0361. The fraction of sp³-hybridized carbons (Fsp3) is 0.333. The van der Waals surface area contributed by atoms with Crippen LogP contribution in [0.3, 0.4) is 0 Å². The molecule has 0 aliphatic heterocycles. The number of sulfone groups is 1. The van der Waals surface area contributed by atoms with Crippen LogP contribution < -0.4 is 5.32 Å². The minimum atomic E-state index is -3.35. The van der Waals surface area contributed by atoms with Gasteiger partial charge in [-0.1, -0.05) is 0 Å². The molecule has 3 nitrogen and oxygen atoms in total. The highest BCUT2D eigenvalue weighted by Crippen LogP contribution is 2.22. The van der Waals surface area contributed by atoms with E-state index in [-0.39, 0.29) is 4.90 Å². The summed E-state index contributed by atoms with van der Waals surface area (Å²) in [6, 6.07) is 2.52. The highest BCUT2D eigenvalue weighted by atomic mass is 32.2. The molecule has 0 saturated heterocycles. The first-order valence-corrected chi connectivity index (χ1v) is 5.93. The van der Waals surface area contributed by atoms with Gasteiger partial charge in [0.2, 0.25) is 0 Å². The standard InChI is InChI=1S/C9H12FNO2S/c1-6-4-8(11-2)7(10)5-9(6)14(3,12)13/h4-5,11H,1-3H3. The van der Waals surface area contributed by atoms with E-state index in [0.717, 1.165) is 12.3 Å². The van der Waals surface area contributed by atoms with Crippen molar-refractivity contribution in [1.82, 2.24) is 0 Å². The van der Waals surface area contributed by atoms with Gasteiger partial charge in [-0.2, -0.15) is 0 Å². The number of hydrogen-bond donors (Lipinski definition) is 1. The number of anilines is 1. The monoisotopic (exact) mass is 217 g/mol. The molecular formula is C9H12FNO2S. The molecule has 0 aliphatic carbocycles. The molecule has 1 N–H and O–H groups in total. The third-order valence-corrected chi connectivity index (χ3v) is 3.17. The van der Waals surface area contributed by atoms with Crippen molar-refractivity contribution in [1.29, 1.82) is 0 Å². The molecule has 0 bridgehead atoms. The van der Waals surface area contributed by atoms with E-state index in [1.54, 1.807) is 14.0 Å². The Hall–Kier alpha value is -1.10. The van der Waals surface area contributed by atoms with Crippen molar-refractivity contribution >= 4 is 15.5 Å². The molecule has 14 heavy (non-hydrogen) atoms. The zero-order valence-electron chi connectivity index (χ0n) is 8.26. The van der Waals surface area contributed by atoms with E-state index in [1.807, 2.05) is 0 Å². The Kier molecular flexibility index (Phi) is 2.80. The Morgan fingerprint density at radius 1 is 1.36 bits per heavy atom. The highest BCUT2D eigenvalue weighted by Gasteiger charge is 2.14. The largest absolute Gasteiger partial charge is 0.386 e. The van der Waals surface area contributed by atoms with E-state index in [0.29, 0.717) is 11.3 Å². The van der Waals surface area contributed by atoms with Crippen LogP contribution in [0.15, 0.2) is 17.0 Å². The number of halogens is 1. The van der Waals surface area contributed by atoms with E-state index >= 15 is 0 Å². The van der Waals surface area contributed by atoms with Crippen molar-refractivity contribution in [2.75, 3.05) is 18.6 Å². The van der Waals surface area contributed by atoms with Gasteiger partial charge in [0.25, 0.3) is 0 Å². The van der Waals surface area contributed by atoms with Crippen molar-refractivity contribution in [2.24, 2.45) is 0 Å². The fourth-order valence-electron chi connectivity index (χ4n) is 1.25. The van der Waals surface area contributed by atoms with Gasteiger partial charge in [-0.3, -0.25) is 0 Å². The molecule has 0 unspecified atom stereocenters. The number of nitrogens with one attached hydrogen (secondary N) is 1. The zero-order valence-corrected chi connectivity index (χ0v) is 9.07. The van der Waals surface area contributed by atoms with Gasteiger partial charge in [0.15, 0.2) is 9.84 Å². The molecule has 1 rings (SSSR count). The lowest BCUT2D eigenvalue weighted by Gasteiger charge is -2.07. The van der Waals surface area contributed by atoms with Crippen LogP contribution in [0, 0.1) is 12.7 Å². The summed E-state index contributed by atoms with van der Waals surface area (Å²) in [6.45, 7) is 1.64. The molecule has 0 amide bonds. The van der Waals surface area contributed by atoms with Crippen molar-refractivity contribution < 1.29 is 12.8 Å². The molecule has 0 spiro atoms. The van der Waals surface area contributed by atoms with Crippen LogP contribution in [-0.2, 0) is 9.84 Å². The second-order valence-electron chi connectivity index (χ2n) is 3.12. The van der Waals surface area contributed by atoms with Crippen LogP contribution in [0.1, 0.15) is 5.56 Å². The van der Waals surface area contributed by atoms with Crippen molar-refractivity contribution in [3.05, 3.63) is 23.5 Å². The third-order valence-electron chi connectivity index (χ3n) is 1.93. The summed E-state index contributed by atoms with van der Waals surface area (Å²) in [6.07, 6.45) is 1.06. The van der Waals surface area contributed by atoms with Gasteiger partial charge in [-0.25, -0.2) is 12.8 Å². The molecule has 0 aliphatic rings. The topological polar surface area (TPSA) is 46.2 Å². The van der Waals surface area contributed by atoms with Gasteiger partial charge in [0.1, 0.15) is 5.82 Å². The predicted octanol–water partition coefficient (Wildman–Crippen LogP) is 1.58. The molecule has 0 aromatic heterocycles. The van der Waals surface area contributed by atoms with Crippen LogP contribution in [0.25, 0.3) is 0 Å². The summed E-state index contributed by atoms with van der Waals surface area (Å²) in [7, 11) is -1.77. The SMILES string of the molecule is CNc1cc(C)c(S(C)(=O)=O)cc1F. The van der Waals surface area contributed by atoms with E-state index in [1.165, 1.54) is 6.07 Å². The van der Waals surface area contributed by atoms with Crippen molar-refractivity contribution in [3.63, 3.8) is 0 Å². The van der Waals surface area contributed by atoms with Gasteiger partial charge in [-0.15, -0.1) is 0 Å². The summed E-state index contributed by atoms with van der Waals surface area (Å²) in [4.78, 5) is 0.0361. The summed E-state index contributed by atoms with van der Waals surface area (Å²) < 4.78 is 35.7. The Balaban J connectivity index is 3.44. The first kappa shape index (κ1) is 11.0. The molecule has 78 valence electrons. The van der Waals surface area contributed by atoms with Crippen molar-refractivity contribution in [3.8, 4) is 0 Å². The number of benzene rings is 1. The summed E-state index contributed by atoms with van der Waals surface area (Å²) in [5.74, 6) is -0.557. The summed E-state index contributed by atoms with van der Waals surface area (Å²) in [5.41, 5.74) is 0.841. The second kappa shape index (κ2) is 3.57. The summed E-state index contributed by atoms with van der Waals surface area (Å²) in [5, 5.41) is 2.64. The van der Waals surface area contributed by atoms with E-state index in [9.17, 15) is 12.8 Å². The van der Waals surface area contributed by atoms with Gasteiger partial charge >= 0.3 is 0 Å². The first-order chi connectivity index (χ1) is 6.36. The molecule has 0 fully saturated rings. The van der Waals surface area contributed by atoms with Crippen LogP contribution in [0.2, 0.25) is 0 Å². The third kappa shape index (κ3) is 2.04. The molecule has 1 aromatic carbocycles. The van der Waals surface area contributed by atoms with Gasteiger partial charge < -0.3 is 5.32 Å². The number of rotatable bonds is 2. The smallest absolute Gasteiger partial charge is 0.175 e. The molecule has 5 heteroatoms. The quantitative estimate of drug-likeness (QED) is 0.818. The number of hydrogen-bond acceptors (Lipinski definition) is 3. The Bertz CT molecular complexity index is 454. The second-order valence-corrected chi connectivity index (χ2v) is 5.10. The van der Waals surface area contributed by atoms with Gasteiger partial charge in [0.05, 0.1) is 10.6 Å². The van der Waals surface area contributed by atoms with E-state index in [4.69, 9.17) is 0 Å². The number of aryl methyl sites for hydroxylation is 1.